The molecule has 8 heteroatoms. The fourth-order valence-electron chi connectivity index (χ4n) is 5.15. The number of rotatable bonds is 11. The van der Waals surface area contributed by atoms with Crippen molar-refractivity contribution < 1.29 is 28.9 Å². The summed E-state index contributed by atoms with van der Waals surface area (Å²) in [4.78, 5) is 29.3. The minimum absolute atomic E-state index is 0.0678. The van der Waals surface area contributed by atoms with Crippen LogP contribution in [0.1, 0.15) is 62.6 Å². The third-order valence-electron chi connectivity index (χ3n) is 6.99. The molecular formula is C28H36N2O6. The van der Waals surface area contributed by atoms with Crippen LogP contribution in [0.3, 0.4) is 0 Å². The summed E-state index contributed by atoms with van der Waals surface area (Å²) < 4.78 is 16.6. The zero-order valence-electron chi connectivity index (χ0n) is 21.1. The Kier molecular flexibility index (Phi) is 8.70. The minimum Gasteiger partial charge on any atom is -0.454 e. The van der Waals surface area contributed by atoms with Crippen molar-refractivity contribution in [2.75, 3.05) is 33.0 Å². The van der Waals surface area contributed by atoms with Crippen molar-refractivity contribution in [1.82, 2.24) is 9.80 Å². The highest BCUT2D eigenvalue weighted by Gasteiger charge is 2.47. The number of nitrogens with zero attached hydrogens (tertiary/aromatic N) is 2. The highest BCUT2D eigenvalue weighted by molar-refractivity contribution is 5.78. The summed E-state index contributed by atoms with van der Waals surface area (Å²) in [5, 5.41) is 9.65. The van der Waals surface area contributed by atoms with Gasteiger partial charge in [-0.05, 0) is 36.1 Å². The van der Waals surface area contributed by atoms with Gasteiger partial charge in [0.1, 0.15) is 6.10 Å². The Bertz CT molecular complexity index is 1020. The van der Waals surface area contributed by atoms with Gasteiger partial charge in [-0.15, -0.1) is 0 Å². The van der Waals surface area contributed by atoms with Crippen molar-refractivity contribution in [3.05, 3.63) is 59.7 Å². The zero-order valence-corrected chi connectivity index (χ0v) is 21.1. The predicted molar refractivity (Wildman–Crippen MR) is 135 cm³/mol. The molecule has 8 nitrogen and oxygen atoms in total. The van der Waals surface area contributed by atoms with Crippen molar-refractivity contribution >= 4 is 12.1 Å². The molecule has 194 valence electrons. The standard InChI is InChI=1S/C28H36N2O6/c1-3-5-14-29(15-6-4-2)25(31)18-30-17-22(21-12-13-23-24(16-21)35-19-34-23)27(36-28(32)33)26(30)20-10-8-7-9-11-20/h7-13,16,22,26-27H,3-6,14-15,17-19H2,1-2H3,(H,32,33)/t22-,26-,27+/m1/s1. The average Bonchev–Trinajstić information content (AvgIpc) is 3.48. The van der Waals surface area contributed by atoms with E-state index in [0.29, 0.717) is 18.0 Å². The SMILES string of the molecule is CCCCN(CCCC)C(=O)CN1C[C@H](c2ccc3c(c2)OCO3)[C@H](OC(=O)O)[C@H]1c1ccccc1. The van der Waals surface area contributed by atoms with Gasteiger partial charge in [-0.1, -0.05) is 63.1 Å². The number of hydrogen-bond acceptors (Lipinski definition) is 6. The Labute approximate surface area is 212 Å². The largest absolute Gasteiger partial charge is 0.506 e. The van der Waals surface area contributed by atoms with Crippen LogP contribution in [0.2, 0.25) is 0 Å². The lowest BCUT2D eigenvalue weighted by Gasteiger charge is -2.30. The molecule has 0 aromatic heterocycles. The lowest BCUT2D eigenvalue weighted by atomic mass is 9.90. The van der Waals surface area contributed by atoms with Gasteiger partial charge in [-0.3, -0.25) is 9.69 Å². The fraction of sp³-hybridized carbons (Fsp3) is 0.500. The van der Waals surface area contributed by atoms with Crippen molar-refractivity contribution in [2.45, 2.75) is 57.6 Å². The van der Waals surface area contributed by atoms with Crippen molar-refractivity contribution in [3.8, 4) is 11.5 Å². The minimum atomic E-state index is -1.33. The average molecular weight is 497 g/mol. The second-order valence-electron chi connectivity index (χ2n) is 9.44. The Balaban J connectivity index is 1.65. The number of benzene rings is 2. The van der Waals surface area contributed by atoms with Crippen LogP contribution >= 0.6 is 0 Å². The van der Waals surface area contributed by atoms with E-state index in [-0.39, 0.29) is 31.2 Å². The number of fused-ring (bicyclic) bond motifs is 1. The van der Waals surface area contributed by atoms with Crippen LogP contribution in [0.25, 0.3) is 0 Å². The molecule has 2 aromatic carbocycles. The van der Waals surface area contributed by atoms with Gasteiger partial charge in [0.2, 0.25) is 12.7 Å². The van der Waals surface area contributed by atoms with E-state index >= 15 is 0 Å². The highest BCUT2D eigenvalue weighted by atomic mass is 16.7. The molecule has 0 radical (unpaired) electrons. The molecule has 2 aromatic rings. The van der Waals surface area contributed by atoms with Gasteiger partial charge in [-0.2, -0.15) is 0 Å². The number of ether oxygens (including phenoxy) is 3. The lowest BCUT2D eigenvalue weighted by molar-refractivity contribution is -0.133. The van der Waals surface area contributed by atoms with Crippen molar-refractivity contribution in [2.24, 2.45) is 0 Å². The van der Waals surface area contributed by atoms with E-state index in [1.807, 2.05) is 53.4 Å². The van der Waals surface area contributed by atoms with Gasteiger partial charge in [0.25, 0.3) is 0 Å². The van der Waals surface area contributed by atoms with Crippen LogP contribution in [0.4, 0.5) is 4.79 Å². The van der Waals surface area contributed by atoms with Gasteiger partial charge in [-0.25, -0.2) is 4.79 Å². The van der Waals surface area contributed by atoms with E-state index in [1.54, 1.807) is 0 Å². The number of carbonyl (C=O) groups excluding carboxylic acids is 1. The van der Waals surface area contributed by atoms with E-state index in [9.17, 15) is 14.7 Å². The molecule has 0 unspecified atom stereocenters. The number of likely N-dealkylation sites (tertiary alicyclic amines) is 1. The summed E-state index contributed by atoms with van der Waals surface area (Å²) in [5.41, 5.74) is 1.82. The molecule has 1 fully saturated rings. The molecule has 1 amide bonds. The van der Waals surface area contributed by atoms with Gasteiger partial charge in [0.05, 0.1) is 12.6 Å². The molecule has 0 aliphatic carbocycles. The van der Waals surface area contributed by atoms with Gasteiger partial charge < -0.3 is 24.2 Å². The first kappa shape index (κ1) is 25.8. The van der Waals surface area contributed by atoms with E-state index in [4.69, 9.17) is 14.2 Å². The first-order chi connectivity index (χ1) is 17.5. The summed E-state index contributed by atoms with van der Waals surface area (Å²) in [5.74, 6) is 1.10. The first-order valence-electron chi connectivity index (χ1n) is 12.9. The summed E-state index contributed by atoms with van der Waals surface area (Å²) >= 11 is 0. The quantitative estimate of drug-likeness (QED) is 0.436. The summed E-state index contributed by atoms with van der Waals surface area (Å²) in [6.07, 6.45) is 1.95. The van der Waals surface area contributed by atoms with Crippen LogP contribution in [-0.4, -0.2) is 66.0 Å². The van der Waals surface area contributed by atoms with Crippen LogP contribution in [0.15, 0.2) is 48.5 Å². The maximum atomic E-state index is 13.5. The monoisotopic (exact) mass is 496 g/mol. The molecule has 2 aliphatic heterocycles. The lowest BCUT2D eigenvalue weighted by Crippen LogP contribution is -2.42. The van der Waals surface area contributed by atoms with Crippen LogP contribution in [-0.2, 0) is 9.53 Å². The Hall–Kier alpha value is -3.26. The number of hydrogen-bond donors (Lipinski definition) is 1. The molecule has 0 bridgehead atoms. The maximum absolute atomic E-state index is 13.5. The van der Waals surface area contributed by atoms with Gasteiger partial charge in [0.15, 0.2) is 11.5 Å². The molecule has 0 saturated carbocycles. The Morgan fingerprint density at radius 2 is 1.69 bits per heavy atom. The molecule has 1 saturated heterocycles. The van der Waals surface area contributed by atoms with Crippen LogP contribution in [0.5, 0.6) is 11.5 Å². The summed E-state index contributed by atoms with van der Waals surface area (Å²) in [7, 11) is 0. The molecule has 36 heavy (non-hydrogen) atoms. The second kappa shape index (κ2) is 12.1. The fourth-order valence-corrected chi connectivity index (χ4v) is 5.15. The molecule has 3 atom stereocenters. The smallest absolute Gasteiger partial charge is 0.454 e. The molecule has 1 N–H and O–H groups in total. The van der Waals surface area contributed by atoms with Gasteiger partial charge >= 0.3 is 6.16 Å². The van der Waals surface area contributed by atoms with E-state index < -0.39 is 12.3 Å². The Morgan fingerprint density at radius 1 is 1.00 bits per heavy atom. The third kappa shape index (κ3) is 5.93. The molecular weight excluding hydrogens is 460 g/mol. The first-order valence-corrected chi connectivity index (χ1v) is 12.9. The number of unbranched alkanes of at least 4 members (excludes halogenated alkanes) is 2. The second-order valence-corrected chi connectivity index (χ2v) is 9.44. The van der Waals surface area contributed by atoms with E-state index in [2.05, 4.69) is 18.7 Å². The molecule has 2 heterocycles. The van der Waals surface area contributed by atoms with E-state index in [0.717, 1.165) is 49.9 Å². The molecule has 0 spiro atoms. The normalized spacial score (nSPS) is 20.9. The van der Waals surface area contributed by atoms with Crippen molar-refractivity contribution in [1.29, 1.82) is 0 Å². The number of carboxylic acid groups (broad SMARTS) is 1. The van der Waals surface area contributed by atoms with Crippen LogP contribution < -0.4 is 9.47 Å². The predicted octanol–water partition coefficient (Wildman–Crippen LogP) is 5.05. The third-order valence-corrected chi connectivity index (χ3v) is 6.99. The van der Waals surface area contributed by atoms with Crippen LogP contribution in [0, 0.1) is 0 Å². The maximum Gasteiger partial charge on any atom is 0.506 e. The molecule has 2 aliphatic rings. The number of carbonyl (C=O) groups is 2. The topological polar surface area (TPSA) is 88.5 Å². The van der Waals surface area contributed by atoms with Gasteiger partial charge in [0, 0.05) is 25.6 Å². The van der Waals surface area contributed by atoms with E-state index in [1.165, 1.54) is 0 Å². The Morgan fingerprint density at radius 3 is 2.36 bits per heavy atom. The zero-order chi connectivity index (χ0) is 25.5. The van der Waals surface area contributed by atoms with Crippen molar-refractivity contribution in [3.63, 3.8) is 0 Å². The highest BCUT2D eigenvalue weighted by Crippen LogP contribution is 2.45. The number of amides is 1. The summed E-state index contributed by atoms with van der Waals surface area (Å²) in [6, 6.07) is 15.0. The summed E-state index contributed by atoms with van der Waals surface area (Å²) in [6.45, 7) is 6.57. The molecule has 4 rings (SSSR count).